The van der Waals surface area contributed by atoms with E-state index >= 15 is 0 Å². The molecule has 0 aliphatic heterocycles. The number of carbonyl (C=O) groups is 2. The molecule has 5 nitrogen and oxygen atoms in total. The fourth-order valence-electron chi connectivity index (χ4n) is 1.35. The average molecular weight is 282 g/mol. The third-order valence-corrected chi connectivity index (χ3v) is 3.39. The van der Waals surface area contributed by atoms with E-state index in [2.05, 4.69) is 24.1 Å². The molecule has 0 aliphatic rings. The summed E-state index contributed by atoms with van der Waals surface area (Å²) in [5, 5.41) is 12.1. The number of carboxylic acids is 1. The van der Waals surface area contributed by atoms with Crippen molar-refractivity contribution in [2.45, 2.75) is 25.3 Å². The van der Waals surface area contributed by atoms with E-state index < -0.39 is 5.97 Å². The van der Waals surface area contributed by atoms with E-state index in [0.717, 1.165) is 18.2 Å². The SMILES string of the molecule is CC(C)CCNC(=O)CSc1ncccc1C(=O)O. The topological polar surface area (TPSA) is 79.3 Å². The number of pyridine rings is 1. The summed E-state index contributed by atoms with van der Waals surface area (Å²) in [4.78, 5) is 26.5. The molecule has 0 fully saturated rings. The highest BCUT2D eigenvalue weighted by Gasteiger charge is 2.12. The van der Waals surface area contributed by atoms with Crippen molar-refractivity contribution in [1.29, 1.82) is 0 Å². The van der Waals surface area contributed by atoms with Crippen LogP contribution in [0.15, 0.2) is 23.4 Å². The predicted octanol–water partition coefficient (Wildman–Crippen LogP) is 2.03. The molecule has 1 heterocycles. The van der Waals surface area contributed by atoms with Gasteiger partial charge in [-0.2, -0.15) is 0 Å². The minimum Gasteiger partial charge on any atom is -0.478 e. The van der Waals surface area contributed by atoms with E-state index in [9.17, 15) is 9.59 Å². The molecule has 1 rings (SSSR count). The molecular weight excluding hydrogens is 264 g/mol. The first-order valence-corrected chi connectivity index (χ1v) is 7.07. The Morgan fingerprint density at radius 3 is 2.84 bits per heavy atom. The van der Waals surface area contributed by atoms with E-state index in [-0.39, 0.29) is 17.2 Å². The number of aromatic carboxylic acids is 1. The quantitative estimate of drug-likeness (QED) is 0.748. The maximum absolute atomic E-state index is 11.6. The number of hydrogen-bond donors (Lipinski definition) is 2. The monoisotopic (exact) mass is 282 g/mol. The van der Waals surface area contributed by atoms with Gasteiger partial charge in [-0.05, 0) is 24.5 Å². The van der Waals surface area contributed by atoms with Crippen LogP contribution in [0.5, 0.6) is 0 Å². The summed E-state index contributed by atoms with van der Waals surface area (Å²) in [6, 6.07) is 3.05. The predicted molar refractivity (Wildman–Crippen MR) is 74.4 cm³/mol. The van der Waals surface area contributed by atoms with Crippen molar-refractivity contribution in [2.75, 3.05) is 12.3 Å². The Bertz CT molecular complexity index is 449. The van der Waals surface area contributed by atoms with Gasteiger partial charge in [-0.25, -0.2) is 9.78 Å². The van der Waals surface area contributed by atoms with Gasteiger partial charge in [0.1, 0.15) is 5.03 Å². The van der Waals surface area contributed by atoms with E-state index in [1.165, 1.54) is 12.3 Å². The van der Waals surface area contributed by atoms with Gasteiger partial charge >= 0.3 is 5.97 Å². The summed E-state index contributed by atoms with van der Waals surface area (Å²) in [7, 11) is 0. The Morgan fingerprint density at radius 1 is 1.47 bits per heavy atom. The molecule has 0 unspecified atom stereocenters. The molecule has 19 heavy (non-hydrogen) atoms. The second-order valence-electron chi connectivity index (χ2n) is 4.48. The molecule has 0 atom stereocenters. The van der Waals surface area contributed by atoms with Gasteiger partial charge in [0, 0.05) is 12.7 Å². The molecule has 1 aromatic heterocycles. The number of aromatic nitrogens is 1. The normalized spacial score (nSPS) is 10.5. The number of hydrogen-bond acceptors (Lipinski definition) is 4. The Kier molecular flexibility index (Phi) is 6.35. The van der Waals surface area contributed by atoms with Crippen molar-refractivity contribution in [2.24, 2.45) is 5.92 Å². The molecule has 2 N–H and O–H groups in total. The van der Waals surface area contributed by atoms with Crippen molar-refractivity contribution in [3.63, 3.8) is 0 Å². The molecule has 0 bridgehead atoms. The zero-order valence-corrected chi connectivity index (χ0v) is 11.9. The first-order chi connectivity index (χ1) is 9.00. The first kappa shape index (κ1) is 15.5. The zero-order chi connectivity index (χ0) is 14.3. The average Bonchev–Trinajstić information content (AvgIpc) is 2.36. The van der Waals surface area contributed by atoms with Crippen LogP contribution in [0.4, 0.5) is 0 Å². The summed E-state index contributed by atoms with van der Waals surface area (Å²) in [6.45, 7) is 4.83. The lowest BCUT2D eigenvalue weighted by atomic mass is 10.1. The van der Waals surface area contributed by atoms with Crippen LogP contribution in [0.3, 0.4) is 0 Å². The third-order valence-electron chi connectivity index (χ3n) is 2.39. The zero-order valence-electron chi connectivity index (χ0n) is 11.0. The number of carboxylic acid groups (broad SMARTS) is 1. The molecule has 0 saturated carbocycles. The van der Waals surface area contributed by atoms with Crippen LogP contribution in [0.25, 0.3) is 0 Å². The van der Waals surface area contributed by atoms with Gasteiger partial charge in [0.25, 0.3) is 0 Å². The number of nitrogens with zero attached hydrogens (tertiary/aromatic N) is 1. The second kappa shape index (κ2) is 7.78. The van der Waals surface area contributed by atoms with Gasteiger partial charge in [0.2, 0.25) is 5.91 Å². The largest absolute Gasteiger partial charge is 0.478 e. The molecule has 6 heteroatoms. The third kappa shape index (κ3) is 5.74. The fourth-order valence-corrected chi connectivity index (χ4v) is 2.17. The van der Waals surface area contributed by atoms with Crippen molar-refractivity contribution < 1.29 is 14.7 Å². The number of amides is 1. The minimum absolute atomic E-state index is 0.104. The van der Waals surface area contributed by atoms with Crippen LogP contribution in [0, 0.1) is 5.92 Å². The minimum atomic E-state index is -1.03. The van der Waals surface area contributed by atoms with Gasteiger partial charge < -0.3 is 10.4 Å². The van der Waals surface area contributed by atoms with Crippen LogP contribution in [0.1, 0.15) is 30.6 Å². The highest BCUT2D eigenvalue weighted by molar-refractivity contribution is 8.00. The van der Waals surface area contributed by atoms with E-state index in [1.54, 1.807) is 6.07 Å². The van der Waals surface area contributed by atoms with Crippen molar-refractivity contribution in [1.82, 2.24) is 10.3 Å². The Labute approximate surface area is 116 Å². The number of thioether (sulfide) groups is 1. The van der Waals surface area contributed by atoms with Crippen LogP contribution >= 0.6 is 11.8 Å². The number of carbonyl (C=O) groups excluding carboxylic acids is 1. The Hall–Kier alpha value is -1.56. The summed E-state index contributed by atoms with van der Waals surface area (Å²) >= 11 is 1.14. The maximum Gasteiger partial charge on any atom is 0.338 e. The highest BCUT2D eigenvalue weighted by atomic mass is 32.2. The standard InChI is InChI=1S/C13H18N2O3S/c1-9(2)5-7-14-11(16)8-19-12-10(13(17)18)4-3-6-15-12/h3-4,6,9H,5,7-8H2,1-2H3,(H,14,16)(H,17,18). The van der Waals surface area contributed by atoms with Gasteiger partial charge in [-0.15, -0.1) is 0 Å². The molecular formula is C13H18N2O3S. The first-order valence-electron chi connectivity index (χ1n) is 6.08. The van der Waals surface area contributed by atoms with Gasteiger partial charge in [0.05, 0.1) is 11.3 Å². The van der Waals surface area contributed by atoms with Gasteiger partial charge in [-0.3, -0.25) is 4.79 Å². The summed E-state index contributed by atoms with van der Waals surface area (Å²) in [6.07, 6.45) is 2.45. The van der Waals surface area contributed by atoms with E-state index in [0.29, 0.717) is 17.5 Å². The molecule has 104 valence electrons. The van der Waals surface area contributed by atoms with Crippen LogP contribution in [-0.4, -0.2) is 34.3 Å². The van der Waals surface area contributed by atoms with Crippen LogP contribution in [0.2, 0.25) is 0 Å². The lowest BCUT2D eigenvalue weighted by Crippen LogP contribution is -2.27. The Balaban J connectivity index is 2.44. The Morgan fingerprint density at radius 2 is 2.21 bits per heavy atom. The number of rotatable bonds is 7. The lowest BCUT2D eigenvalue weighted by molar-refractivity contribution is -0.118. The number of nitrogens with one attached hydrogen (secondary N) is 1. The summed E-state index contributed by atoms with van der Waals surface area (Å²) in [5.41, 5.74) is 0.127. The molecule has 0 spiro atoms. The van der Waals surface area contributed by atoms with Gasteiger partial charge in [-0.1, -0.05) is 25.6 Å². The maximum atomic E-state index is 11.6. The molecule has 0 radical (unpaired) electrons. The van der Waals surface area contributed by atoms with E-state index in [4.69, 9.17) is 5.11 Å². The van der Waals surface area contributed by atoms with Crippen molar-refractivity contribution in [3.05, 3.63) is 23.9 Å². The highest BCUT2D eigenvalue weighted by Crippen LogP contribution is 2.19. The molecule has 0 aromatic carbocycles. The van der Waals surface area contributed by atoms with E-state index in [1.807, 2.05) is 0 Å². The molecule has 1 amide bonds. The molecule has 0 saturated heterocycles. The summed E-state index contributed by atoms with van der Waals surface area (Å²) < 4.78 is 0. The van der Waals surface area contributed by atoms with Gasteiger partial charge in [0.15, 0.2) is 0 Å². The van der Waals surface area contributed by atoms with Crippen molar-refractivity contribution >= 4 is 23.6 Å². The van der Waals surface area contributed by atoms with Crippen LogP contribution < -0.4 is 5.32 Å². The molecule has 1 aromatic rings. The fraction of sp³-hybridized carbons (Fsp3) is 0.462. The second-order valence-corrected chi connectivity index (χ2v) is 5.45. The summed E-state index contributed by atoms with van der Waals surface area (Å²) in [5.74, 6) is -0.416. The van der Waals surface area contributed by atoms with Crippen molar-refractivity contribution in [3.8, 4) is 0 Å². The van der Waals surface area contributed by atoms with Crippen LogP contribution in [-0.2, 0) is 4.79 Å². The smallest absolute Gasteiger partial charge is 0.338 e. The molecule has 0 aliphatic carbocycles. The lowest BCUT2D eigenvalue weighted by Gasteiger charge is -2.07.